The lowest BCUT2D eigenvalue weighted by molar-refractivity contribution is -0.126. The van der Waals surface area contributed by atoms with Crippen molar-refractivity contribution in [1.82, 2.24) is 10.6 Å². The second-order valence-electron chi connectivity index (χ2n) is 4.30. The van der Waals surface area contributed by atoms with Gasteiger partial charge in [0.2, 0.25) is 11.8 Å². The van der Waals surface area contributed by atoms with E-state index in [9.17, 15) is 9.59 Å². The zero-order valence-electron chi connectivity index (χ0n) is 9.77. The molecule has 1 aliphatic heterocycles. The molecule has 1 heterocycles. The molecule has 1 aliphatic rings. The molecule has 4 heteroatoms. The van der Waals surface area contributed by atoms with Crippen LogP contribution in [0.1, 0.15) is 31.4 Å². The van der Waals surface area contributed by atoms with Crippen LogP contribution in [0.25, 0.3) is 0 Å². The second kappa shape index (κ2) is 4.99. The Hall–Kier alpha value is -1.84. The first-order chi connectivity index (χ1) is 8.16. The highest BCUT2D eigenvalue weighted by Crippen LogP contribution is 2.13. The van der Waals surface area contributed by atoms with Crippen LogP contribution < -0.4 is 10.6 Å². The van der Waals surface area contributed by atoms with Crippen molar-refractivity contribution >= 4 is 11.8 Å². The van der Waals surface area contributed by atoms with Gasteiger partial charge in [0.1, 0.15) is 6.04 Å². The lowest BCUT2D eigenvalue weighted by Crippen LogP contribution is -2.42. The maximum atomic E-state index is 11.8. The van der Waals surface area contributed by atoms with Crippen LogP contribution in [0.5, 0.6) is 0 Å². The summed E-state index contributed by atoms with van der Waals surface area (Å²) in [5.41, 5.74) is 1.06. The molecular weight excluding hydrogens is 216 g/mol. The van der Waals surface area contributed by atoms with Crippen molar-refractivity contribution in [2.24, 2.45) is 0 Å². The van der Waals surface area contributed by atoms with E-state index in [4.69, 9.17) is 0 Å². The summed E-state index contributed by atoms with van der Waals surface area (Å²) < 4.78 is 0. The Balaban J connectivity index is 1.93. The number of amides is 2. The van der Waals surface area contributed by atoms with Crippen molar-refractivity contribution in [1.29, 1.82) is 0 Å². The standard InChI is InChI=1S/C13H16N2O2/c1-9(10-5-3-2-4-6-10)14-13(17)11-7-8-12(16)15-11/h2-6,9,11H,7-8H2,1H3,(H,14,17)(H,15,16)/t9-,11+/m0/s1. The number of benzene rings is 1. The van der Waals surface area contributed by atoms with Crippen LogP contribution in [0.15, 0.2) is 30.3 Å². The smallest absolute Gasteiger partial charge is 0.243 e. The van der Waals surface area contributed by atoms with Crippen LogP contribution in [0, 0.1) is 0 Å². The fourth-order valence-electron chi connectivity index (χ4n) is 1.95. The first kappa shape index (κ1) is 11.6. The molecule has 0 radical (unpaired) electrons. The number of carbonyl (C=O) groups is 2. The highest BCUT2D eigenvalue weighted by Gasteiger charge is 2.27. The van der Waals surface area contributed by atoms with Gasteiger partial charge in [-0.2, -0.15) is 0 Å². The average Bonchev–Trinajstić information content (AvgIpc) is 2.77. The topological polar surface area (TPSA) is 58.2 Å². The van der Waals surface area contributed by atoms with Gasteiger partial charge in [-0.1, -0.05) is 30.3 Å². The molecule has 2 N–H and O–H groups in total. The monoisotopic (exact) mass is 232 g/mol. The van der Waals surface area contributed by atoms with Crippen LogP contribution in [-0.2, 0) is 9.59 Å². The van der Waals surface area contributed by atoms with Gasteiger partial charge in [-0.15, -0.1) is 0 Å². The largest absolute Gasteiger partial charge is 0.348 e. The number of carbonyl (C=O) groups excluding carboxylic acids is 2. The van der Waals surface area contributed by atoms with Crippen molar-refractivity contribution < 1.29 is 9.59 Å². The van der Waals surface area contributed by atoms with Gasteiger partial charge in [-0.3, -0.25) is 9.59 Å². The Morgan fingerprint density at radius 3 is 2.71 bits per heavy atom. The highest BCUT2D eigenvalue weighted by atomic mass is 16.2. The molecule has 2 amide bonds. The van der Waals surface area contributed by atoms with Crippen molar-refractivity contribution in [2.75, 3.05) is 0 Å². The summed E-state index contributed by atoms with van der Waals surface area (Å²) in [6.45, 7) is 1.93. The maximum Gasteiger partial charge on any atom is 0.243 e. The minimum atomic E-state index is -0.367. The quantitative estimate of drug-likeness (QED) is 0.821. The van der Waals surface area contributed by atoms with Gasteiger partial charge in [0.15, 0.2) is 0 Å². The minimum absolute atomic E-state index is 0.0406. The number of rotatable bonds is 3. The van der Waals surface area contributed by atoms with Gasteiger partial charge in [0.05, 0.1) is 6.04 Å². The first-order valence-electron chi connectivity index (χ1n) is 5.81. The van der Waals surface area contributed by atoms with Gasteiger partial charge < -0.3 is 10.6 Å². The number of nitrogens with one attached hydrogen (secondary N) is 2. The van der Waals surface area contributed by atoms with Crippen molar-refractivity contribution in [3.8, 4) is 0 Å². The van der Waals surface area contributed by atoms with E-state index in [1.165, 1.54) is 0 Å². The summed E-state index contributed by atoms with van der Waals surface area (Å²) in [5, 5.41) is 5.56. The summed E-state index contributed by atoms with van der Waals surface area (Å²) in [6, 6.07) is 9.35. The Labute approximate surface area is 100 Å². The third kappa shape index (κ3) is 2.84. The van der Waals surface area contributed by atoms with Gasteiger partial charge in [0.25, 0.3) is 0 Å². The molecule has 4 nitrogen and oxygen atoms in total. The normalized spacial score (nSPS) is 20.8. The summed E-state index contributed by atoms with van der Waals surface area (Å²) in [7, 11) is 0. The fourth-order valence-corrected chi connectivity index (χ4v) is 1.95. The van der Waals surface area contributed by atoms with Crippen LogP contribution >= 0.6 is 0 Å². The summed E-state index contributed by atoms with van der Waals surface area (Å²) >= 11 is 0. The molecular formula is C13H16N2O2. The number of hydrogen-bond donors (Lipinski definition) is 2. The van der Waals surface area contributed by atoms with Crippen molar-refractivity contribution in [3.05, 3.63) is 35.9 Å². The Kier molecular flexibility index (Phi) is 3.42. The molecule has 1 saturated heterocycles. The maximum absolute atomic E-state index is 11.8. The number of hydrogen-bond acceptors (Lipinski definition) is 2. The Morgan fingerprint density at radius 1 is 1.41 bits per heavy atom. The first-order valence-corrected chi connectivity index (χ1v) is 5.81. The van der Waals surface area contributed by atoms with Gasteiger partial charge in [-0.05, 0) is 18.9 Å². The van der Waals surface area contributed by atoms with E-state index in [0.29, 0.717) is 12.8 Å². The summed E-state index contributed by atoms with van der Waals surface area (Å²) in [6.07, 6.45) is 1.03. The highest BCUT2D eigenvalue weighted by molar-refractivity contribution is 5.90. The predicted molar refractivity (Wildman–Crippen MR) is 64.2 cm³/mol. The van der Waals surface area contributed by atoms with E-state index in [2.05, 4.69) is 10.6 Å². The SMILES string of the molecule is C[C@H](NC(=O)[C@H]1CCC(=O)N1)c1ccccc1. The molecule has 2 rings (SSSR count). The predicted octanol–water partition coefficient (Wildman–Crippen LogP) is 1.14. The average molecular weight is 232 g/mol. The lowest BCUT2D eigenvalue weighted by atomic mass is 10.1. The third-order valence-corrected chi connectivity index (χ3v) is 2.97. The Morgan fingerprint density at radius 2 is 2.12 bits per heavy atom. The zero-order valence-corrected chi connectivity index (χ0v) is 9.77. The zero-order chi connectivity index (χ0) is 12.3. The van der Waals surface area contributed by atoms with Crippen molar-refractivity contribution in [3.63, 3.8) is 0 Å². The van der Waals surface area contributed by atoms with E-state index in [0.717, 1.165) is 5.56 Å². The van der Waals surface area contributed by atoms with Gasteiger partial charge in [-0.25, -0.2) is 0 Å². The minimum Gasteiger partial charge on any atom is -0.348 e. The van der Waals surface area contributed by atoms with E-state index < -0.39 is 0 Å². The molecule has 2 atom stereocenters. The fraction of sp³-hybridized carbons (Fsp3) is 0.385. The van der Waals surface area contributed by atoms with Crippen LogP contribution in [-0.4, -0.2) is 17.9 Å². The molecule has 1 aromatic carbocycles. The molecule has 0 aliphatic carbocycles. The molecule has 1 aromatic rings. The summed E-state index contributed by atoms with van der Waals surface area (Å²) in [5.74, 6) is -0.148. The summed E-state index contributed by atoms with van der Waals surface area (Å²) in [4.78, 5) is 22.9. The van der Waals surface area contributed by atoms with Crippen LogP contribution in [0.2, 0.25) is 0 Å². The molecule has 0 unspecified atom stereocenters. The molecule has 1 fully saturated rings. The molecule has 0 aromatic heterocycles. The van der Waals surface area contributed by atoms with E-state index in [1.807, 2.05) is 37.3 Å². The van der Waals surface area contributed by atoms with E-state index in [1.54, 1.807) is 0 Å². The van der Waals surface area contributed by atoms with Crippen LogP contribution in [0.4, 0.5) is 0 Å². The second-order valence-corrected chi connectivity index (χ2v) is 4.30. The van der Waals surface area contributed by atoms with Crippen molar-refractivity contribution in [2.45, 2.75) is 31.8 Å². The van der Waals surface area contributed by atoms with E-state index >= 15 is 0 Å². The molecule has 0 saturated carbocycles. The van der Waals surface area contributed by atoms with Crippen LogP contribution in [0.3, 0.4) is 0 Å². The molecule has 17 heavy (non-hydrogen) atoms. The van der Waals surface area contributed by atoms with Gasteiger partial charge in [0, 0.05) is 6.42 Å². The van der Waals surface area contributed by atoms with E-state index in [-0.39, 0.29) is 23.9 Å². The lowest BCUT2D eigenvalue weighted by Gasteiger charge is -2.17. The Bertz CT molecular complexity index is 417. The van der Waals surface area contributed by atoms with Gasteiger partial charge >= 0.3 is 0 Å². The molecule has 90 valence electrons. The third-order valence-electron chi connectivity index (χ3n) is 2.97. The molecule has 0 spiro atoms. The molecule has 0 bridgehead atoms.